The summed E-state index contributed by atoms with van der Waals surface area (Å²) in [5.74, 6) is 1.19. The van der Waals surface area contributed by atoms with Crippen LogP contribution in [-0.2, 0) is 0 Å². The molecule has 1 unspecified atom stereocenters. The average Bonchev–Trinajstić information content (AvgIpc) is 2.36. The molecular weight excluding hydrogens is 216 g/mol. The number of hydrogen-bond acceptors (Lipinski definition) is 5. The van der Waals surface area contributed by atoms with Crippen molar-refractivity contribution in [2.24, 2.45) is 5.73 Å². The topological polar surface area (TPSA) is 73.1 Å². The van der Waals surface area contributed by atoms with Gasteiger partial charge < -0.3 is 15.8 Å². The fourth-order valence-electron chi connectivity index (χ4n) is 1.48. The molecule has 0 fully saturated rings. The normalized spacial score (nSPS) is 12.2. The monoisotopic (exact) mass is 238 g/mol. The Labute approximate surface area is 103 Å². The largest absolute Gasteiger partial charge is 0.478 e. The third kappa shape index (κ3) is 4.99. The van der Waals surface area contributed by atoms with E-state index < -0.39 is 0 Å². The Balaban J connectivity index is 2.57. The molecule has 1 aromatic heterocycles. The summed E-state index contributed by atoms with van der Waals surface area (Å²) in [4.78, 5) is 8.44. The molecule has 5 heteroatoms. The number of nitrogens with zero attached hydrogens (tertiary/aromatic N) is 2. The van der Waals surface area contributed by atoms with E-state index in [-0.39, 0.29) is 6.04 Å². The molecule has 5 nitrogen and oxygen atoms in total. The maximum absolute atomic E-state index is 5.68. The number of nitrogens with one attached hydrogen (secondary N) is 1. The standard InChI is InChI=1S/C12H22N4O/c1-3-5-10(9-13)15-12-14-7-6-11(16-12)17-8-4-2/h6-7,10H,3-5,8-9,13H2,1-2H3,(H,14,15,16). The van der Waals surface area contributed by atoms with Gasteiger partial charge in [0.15, 0.2) is 0 Å². The van der Waals surface area contributed by atoms with E-state index in [0.29, 0.717) is 25.0 Å². The molecule has 0 aliphatic rings. The average molecular weight is 238 g/mol. The molecule has 1 atom stereocenters. The summed E-state index contributed by atoms with van der Waals surface area (Å²) >= 11 is 0. The molecule has 0 aliphatic carbocycles. The fraction of sp³-hybridized carbons (Fsp3) is 0.667. The first-order chi connectivity index (χ1) is 8.30. The molecule has 17 heavy (non-hydrogen) atoms. The van der Waals surface area contributed by atoms with Crippen LogP contribution in [0.4, 0.5) is 5.95 Å². The zero-order valence-electron chi connectivity index (χ0n) is 10.6. The molecule has 1 aromatic rings. The highest BCUT2D eigenvalue weighted by Crippen LogP contribution is 2.10. The van der Waals surface area contributed by atoms with Crippen LogP contribution in [0, 0.1) is 0 Å². The molecule has 0 saturated heterocycles. The van der Waals surface area contributed by atoms with Gasteiger partial charge in [-0.1, -0.05) is 20.3 Å². The molecule has 3 N–H and O–H groups in total. The molecular formula is C12H22N4O. The Morgan fingerprint density at radius 2 is 2.24 bits per heavy atom. The first-order valence-corrected chi connectivity index (χ1v) is 6.22. The summed E-state index contributed by atoms with van der Waals surface area (Å²) in [5, 5.41) is 3.22. The third-order valence-corrected chi connectivity index (χ3v) is 2.34. The lowest BCUT2D eigenvalue weighted by atomic mass is 10.2. The van der Waals surface area contributed by atoms with E-state index in [1.807, 2.05) is 0 Å². The highest BCUT2D eigenvalue weighted by molar-refractivity contribution is 5.28. The van der Waals surface area contributed by atoms with E-state index in [2.05, 4.69) is 29.1 Å². The van der Waals surface area contributed by atoms with Gasteiger partial charge in [0.05, 0.1) is 6.61 Å². The number of rotatable bonds is 8. The first-order valence-electron chi connectivity index (χ1n) is 6.22. The van der Waals surface area contributed by atoms with Crippen LogP contribution < -0.4 is 15.8 Å². The smallest absolute Gasteiger partial charge is 0.226 e. The minimum atomic E-state index is 0.224. The lowest BCUT2D eigenvalue weighted by Gasteiger charge is -2.15. The van der Waals surface area contributed by atoms with E-state index in [4.69, 9.17) is 10.5 Å². The van der Waals surface area contributed by atoms with Crippen LogP contribution in [0.3, 0.4) is 0 Å². The number of nitrogens with two attached hydrogens (primary N) is 1. The van der Waals surface area contributed by atoms with Crippen LogP contribution in [0.15, 0.2) is 12.3 Å². The summed E-state index contributed by atoms with van der Waals surface area (Å²) in [5.41, 5.74) is 5.68. The predicted molar refractivity (Wildman–Crippen MR) is 69.2 cm³/mol. The van der Waals surface area contributed by atoms with Gasteiger partial charge in [-0.05, 0) is 12.8 Å². The second-order valence-corrected chi connectivity index (χ2v) is 3.93. The molecule has 96 valence electrons. The van der Waals surface area contributed by atoms with Crippen LogP contribution in [0.5, 0.6) is 5.88 Å². The van der Waals surface area contributed by atoms with Gasteiger partial charge in [-0.15, -0.1) is 0 Å². The van der Waals surface area contributed by atoms with Crippen LogP contribution in [0.2, 0.25) is 0 Å². The van der Waals surface area contributed by atoms with Gasteiger partial charge in [-0.3, -0.25) is 0 Å². The van der Waals surface area contributed by atoms with Crippen LogP contribution >= 0.6 is 0 Å². The number of anilines is 1. The summed E-state index contributed by atoms with van der Waals surface area (Å²) in [6, 6.07) is 1.99. The van der Waals surface area contributed by atoms with Gasteiger partial charge in [-0.25, -0.2) is 4.98 Å². The van der Waals surface area contributed by atoms with Crippen molar-refractivity contribution in [1.82, 2.24) is 9.97 Å². The molecule has 0 radical (unpaired) electrons. The maximum atomic E-state index is 5.68. The second-order valence-electron chi connectivity index (χ2n) is 3.93. The van der Waals surface area contributed by atoms with Gasteiger partial charge in [0.25, 0.3) is 0 Å². The van der Waals surface area contributed by atoms with Crippen LogP contribution in [0.25, 0.3) is 0 Å². The highest BCUT2D eigenvalue weighted by Gasteiger charge is 2.07. The zero-order valence-corrected chi connectivity index (χ0v) is 10.6. The quantitative estimate of drug-likeness (QED) is 0.722. The van der Waals surface area contributed by atoms with Crippen molar-refractivity contribution < 1.29 is 4.74 Å². The minimum absolute atomic E-state index is 0.224. The van der Waals surface area contributed by atoms with Gasteiger partial charge in [-0.2, -0.15) is 4.98 Å². The molecule has 0 spiro atoms. The lowest BCUT2D eigenvalue weighted by molar-refractivity contribution is 0.305. The molecule has 0 amide bonds. The van der Waals surface area contributed by atoms with Crippen molar-refractivity contribution >= 4 is 5.95 Å². The molecule has 0 saturated carbocycles. The molecule has 1 heterocycles. The lowest BCUT2D eigenvalue weighted by Crippen LogP contribution is -2.29. The SMILES string of the molecule is CCCOc1ccnc(NC(CN)CCC)n1. The van der Waals surface area contributed by atoms with Gasteiger partial charge in [0.1, 0.15) is 0 Å². The number of hydrogen-bond donors (Lipinski definition) is 2. The Hall–Kier alpha value is -1.36. The Morgan fingerprint density at radius 1 is 1.41 bits per heavy atom. The molecule has 0 aromatic carbocycles. The Morgan fingerprint density at radius 3 is 2.88 bits per heavy atom. The van der Waals surface area contributed by atoms with Crippen molar-refractivity contribution in [3.8, 4) is 5.88 Å². The van der Waals surface area contributed by atoms with Crippen molar-refractivity contribution in [2.75, 3.05) is 18.5 Å². The third-order valence-electron chi connectivity index (χ3n) is 2.34. The van der Waals surface area contributed by atoms with Crippen molar-refractivity contribution in [3.05, 3.63) is 12.3 Å². The Kier molecular flexibility index (Phi) is 6.32. The molecule has 0 bridgehead atoms. The van der Waals surface area contributed by atoms with Crippen molar-refractivity contribution in [2.45, 2.75) is 39.2 Å². The van der Waals surface area contributed by atoms with E-state index in [9.17, 15) is 0 Å². The van der Waals surface area contributed by atoms with Gasteiger partial charge in [0.2, 0.25) is 11.8 Å². The molecule has 1 rings (SSSR count). The predicted octanol–water partition coefficient (Wildman–Crippen LogP) is 1.80. The number of ether oxygens (including phenoxy) is 1. The minimum Gasteiger partial charge on any atom is -0.478 e. The van der Waals surface area contributed by atoms with E-state index in [1.165, 1.54) is 0 Å². The van der Waals surface area contributed by atoms with E-state index in [0.717, 1.165) is 19.3 Å². The van der Waals surface area contributed by atoms with Crippen molar-refractivity contribution in [3.63, 3.8) is 0 Å². The van der Waals surface area contributed by atoms with E-state index >= 15 is 0 Å². The highest BCUT2D eigenvalue weighted by atomic mass is 16.5. The van der Waals surface area contributed by atoms with Crippen LogP contribution in [0.1, 0.15) is 33.1 Å². The number of aromatic nitrogens is 2. The summed E-state index contributed by atoms with van der Waals surface area (Å²) in [7, 11) is 0. The van der Waals surface area contributed by atoms with Gasteiger partial charge >= 0.3 is 0 Å². The Bertz CT molecular complexity index is 319. The van der Waals surface area contributed by atoms with Crippen molar-refractivity contribution in [1.29, 1.82) is 0 Å². The van der Waals surface area contributed by atoms with Crippen LogP contribution in [-0.4, -0.2) is 29.2 Å². The fourth-order valence-corrected chi connectivity index (χ4v) is 1.48. The van der Waals surface area contributed by atoms with Gasteiger partial charge in [0, 0.05) is 24.8 Å². The summed E-state index contributed by atoms with van der Waals surface area (Å²) in [6.07, 6.45) is 4.76. The molecule has 0 aliphatic heterocycles. The zero-order chi connectivity index (χ0) is 12.5. The first kappa shape index (κ1) is 13.7. The summed E-state index contributed by atoms with van der Waals surface area (Å²) < 4.78 is 5.45. The second kappa shape index (κ2) is 7.84. The van der Waals surface area contributed by atoms with E-state index in [1.54, 1.807) is 12.3 Å². The maximum Gasteiger partial charge on any atom is 0.226 e. The summed E-state index contributed by atoms with van der Waals surface area (Å²) in [6.45, 7) is 5.45.